The van der Waals surface area contributed by atoms with E-state index in [1.807, 2.05) is 0 Å². The first kappa shape index (κ1) is 17.5. The third-order valence-corrected chi connectivity index (χ3v) is 4.12. The fourth-order valence-electron chi connectivity index (χ4n) is 2.20. The van der Waals surface area contributed by atoms with Gasteiger partial charge in [-0.05, 0) is 35.0 Å². The summed E-state index contributed by atoms with van der Waals surface area (Å²) in [5, 5.41) is 2.69. The van der Waals surface area contributed by atoms with Gasteiger partial charge in [-0.2, -0.15) is 0 Å². The molecule has 1 aliphatic rings. The molecule has 1 heterocycles. The van der Waals surface area contributed by atoms with Gasteiger partial charge in [0.15, 0.2) is 29.2 Å². The highest BCUT2D eigenvalue weighted by atomic mass is 79.9. The van der Waals surface area contributed by atoms with Crippen LogP contribution in [0.25, 0.3) is 0 Å². The third-order valence-electron chi connectivity index (χ3n) is 3.46. The Labute approximate surface area is 151 Å². The molecule has 2 aromatic carbocycles. The molecule has 5 nitrogen and oxygen atoms in total. The number of hydrogen-bond donors (Lipinski definition) is 1. The van der Waals surface area contributed by atoms with Crippen LogP contribution in [-0.2, 0) is 4.79 Å². The van der Waals surface area contributed by atoms with Crippen LogP contribution < -0.4 is 19.5 Å². The fourth-order valence-corrected chi connectivity index (χ4v) is 2.62. The molecule has 1 N–H and O–H groups in total. The van der Waals surface area contributed by atoms with Gasteiger partial charge in [0.25, 0.3) is 5.91 Å². The first-order chi connectivity index (χ1) is 11.9. The second-order valence-electron chi connectivity index (χ2n) is 5.30. The van der Waals surface area contributed by atoms with E-state index in [0.717, 1.165) is 12.1 Å². The van der Waals surface area contributed by atoms with Crippen molar-refractivity contribution in [2.75, 3.05) is 18.5 Å². The van der Waals surface area contributed by atoms with Gasteiger partial charge < -0.3 is 19.5 Å². The Morgan fingerprint density at radius 1 is 1.16 bits per heavy atom. The molecule has 0 saturated carbocycles. The van der Waals surface area contributed by atoms with E-state index in [-0.39, 0.29) is 5.75 Å². The lowest BCUT2D eigenvalue weighted by Gasteiger charge is -2.21. The highest BCUT2D eigenvalue weighted by molar-refractivity contribution is 9.10. The third kappa shape index (κ3) is 4.01. The Hall–Kier alpha value is -2.35. The first-order valence-electron chi connectivity index (χ1n) is 7.46. The lowest BCUT2D eigenvalue weighted by atomic mass is 10.2. The minimum absolute atomic E-state index is 0.0581. The molecular weight excluding hydrogens is 400 g/mol. The smallest absolute Gasteiger partial charge is 0.265 e. The van der Waals surface area contributed by atoms with Gasteiger partial charge in [-0.25, -0.2) is 8.78 Å². The summed E-state index contributed by atoms with van der Waals surface area (Å²) in [4.78, 5) is 12.3. The maximum Gasteiger partial charge on any atom is 0.265 e. The van der Waals surface area contributed by atoms with E-state index in [1.165, 1.54) is 13.0 Å². The summed E-state index contributed by atoms with van der Waals surface area (Å²) in [6, 6.07) is 6.42. The lowest BCUT2D eigenvalue weighted by molar-refractivity contribution is -0.122. The van der Waals surface area contributed by atoms with Gasteiger partial charge in [0, 0.05) is 22.7 Å². The Bertz CT molecular complexity index is 815. The van der Waals surface area contributed by atoms with Crippen LogP contribution in [0, 0.1) is 11.6 Å². The minimum atomic E-state index is -1.04. The number of amides is 1. The fraction of sp³-hybridized carbons (Fsp3) is 0.235. The number of anilines is 1. The van der Waals surface area contributed by atoms with E-state index < -0.39 is 23.6 Å². The van der Waals surface area contributed by atoms with E-state index in [4.69, 9.17) is 14.2 Å². The zero-order chi connectivity index (χ0) is 18.0. The summed E-state index contributed by atoms with van der Waals surface area (Å²) in [5.41, 5.74) is 0.481. The Balaban J connectivity index is 1.70. The predicted molar refractivity (Wildman–Crippen MR) is 90.2 cm³/mol. The topological polar surface area (TPSA) is 56.8 Å². The zero-order valence-corrected chi connectivity index (χ0v) is 14.7. The standard InChI is InChI=1S/C17H14BrF2NO4/c1-9(25-10-2-3-12(19)13(20)6-10)17(22)21-14-8-16-15(7-11(14)18)23-4-5-24-16/h2-3,6-9H,4-5H2,1H3,(H,21,22). The number of rotatable bonds is 4. The molecule has 1 amide bonds. The molecule has 132 valence electrons. The zero-order valence-electron chi connectivity index (χ0n) is 13.1. The maximum absolute atomic E-state index is 13.2. The van der Waals surface area contributed by atoms with Crippen molar-refractivity contribution in [3.63, 3.8) is 0 Å². The second kappa shape index (κ2) is 7.26. The molecule has 0 fully saturated rings. The number of benzene rings is 2. The maximum atomic E-state index is 13.2. The van der Waals surface area contributed by atoms with Crippen molar-refractivity contribution in [2.24, 2.45) is 0 Å². The highest BCUT2D eigenvalue weighted by Gasteiger charge is 2.20. The molecule has 0 aromatic heterocycles. The van der Waals surface area contributed by atoms with Crippen LogP contribution in [0.4, 0.5) is 14.5 Å². The molecule has 25 heavy (non-hydrogen) atoms. The van der Waals surface area contributed by atoms with Crippen molar-refractivity contribution in [1.29, 1.82) is 0 Å². The van der Waals surface area contributed by atoms with E-state index in [9.17, 15) is 13.6 Å². The summed E-state index contributed by atoms with van der Waals surface area (Å²) in [6.45, 7) is 2.39. The Kier molecular flexibility index (Phi) is 5.08. The highest BCUT2D eigenvalue weighted by Crippen LogP contribution is 2.38. The largest absolute Gasteiger partial charge is 0.486 e. The van der Waals surface area contributed by atoms with Crippen molar-refractivity contribution in [3.8, 4) is 17.2 Å². The molecule has 0 saturated heterocycles. The van der Waals surface area contributed by atoms with Gasteiger partial charge in [-0.1, -0.05) is 0 Å². The SMILES string of the molecule is CC(Oc1ccc(F)c(F)c1)C(=O)Nc1cc2c(cc1Br)OCCO2. The summed E-state index contributed by atoms with van der Waals surface area (Å²) in [5.74, 6) is -1.31. The van der Waals surface area contributed by atoms with E-state index >= 15 is 0 Å². The van der Waals surface area contributed by atoms with Crippen LogP contribution in [0.15, 0.2) is 34.8 Å². The summed E-state index contributed by atoms with van der Waals surface area (Å²) in [7, 11) is 0. The average Bonchev–Trinajstić information content (AvgIpc) is 2.58. The summed E-state index contributed by atoms with van der Waals surface area (Å²) in [6.07, 6.45) is -0.926. The average molecular weight is 414 g/mol. The van der Waals surface area contributed by atoms with Crippen LogP contribution in [-0.4, -0.2) is 25.2 Å². The predicted octanol–water partition coefficient (Wildman–Crippen LogP) is 3.90. The van der Waals surface area contributed by atoms with Gasteiger partial charge >= 0.3 is 0 Å². The number of carbonyl (C=O) groups is 1. The number of nitrogens with one attached hydrogen (secondary N) is 1. The number of halogens is 3. The molecule has 0 bridgehead atoms. The molecule has 1 aliphatic heterocycles. The van der Waals surface area contributed by atoms with Crippen molar-refractivity contribution in [3.05, 3.63) is 46.4 Å². The van der Waals surface area contributed by atoms with E-state index in [0.29, 0.717) is 34.9 Å². The molecule has 8 heteroatoms. The van der Waals surface area contributed by atoms with Gasteiger partial charge in [0.05, 0.1) is 5.69 Å². The van der Waals surface area contributed by atoms with Crippen molar-refractivity contribution in [1.82, 2.24) is 0 Å². The molecule has 0 spiro atoms. The number of carbonyl (C=O) groups excluding carboxylic acids is 1. The van der Waals surface area contributed by atoms with Crippen LogP contribution in [0.3, 0.4) is 0 Å². The van der Waals surface area contributed by atoms with Crippen LogP contribution in [0.2, 0.25) is 0 Å². The molecule has 0 radical (unpaired) electrons. The lowest BCUT2D eigenvalue weighted by Crippen LogP contribution is -2.30. The molecule has 1 unspecified atom stereocenters. The molecule has 1 atom stereocenters. The van der Waals surface area contributed by atoms with Crippen molar-refractivity contribution >= 4 is 27.5 Å². The van der Waals surface area contributed by atoms with Crippen LogP contribution in [0.5, 0.6) is 17.2 Å². The number of ether oxygens (including phenoxy) is 3. The Morgan fingerprint density at radius 2 is 1.84 bits per heavy atom. The monoisotopic (exact) mass is 413 g/mol. The van der Waals surface area contributed by atoms with E-state index in [2.05, 4.69) is 21.2 Å². The van der Waals surface area contributed by atoms with Crippen molar-refractivity contribution in [2.45, 2.75) is 13.0 Å². The molecule has 3 rings (SSSR count). The molecule has 2 aromatic rings. The van der Waals surface area contributed by atoms with Gasteiger partial charge in [-0.3, -0.25) is 4.79 Å². The van der Waals surface area contributed by atoms with Gasteiger partial charge in [0.1, 0.15) is 19.0 Å². The summed E-state index contributed by atoms with van der Waals surface area (Å²) >= 11 is 3.35. The van der Waals surface area contributed by atoms with E-state index in [1.54, 1.807) is 12.1 Å². The quantitative estimate of drug-likeness (QED) is 0.825. The Morgan fingerprint density at radius 3 is 2.52 bits per heavy atom. The number of hydrogen-bond acceptors (Lipinski definition) is 4. The second-order valence-corrected chi connectivity index (χ2v) is 6.16. The van der Waals surface area contributed by atoms with Crippen LogP contribution >= 0.6 is 15.9 Å². The number of fused-ring (bicyclic) bond motifs is 1. The van der Waals surface area contributed by atoms with Crippen LogP contribution in [0.1, 0.15) is 6.92 Å². The molecule has 0 aliphatic carbocycles. The first-order valence-corrected chi connectivity index (χ1v) is 8.25. The normalized spacial score (nSPS) is 13.9. The minimum Gasteiger partial charge on any atom is -0.486 e. The van der Waals surface area contributed by atoms with Gasteiger partial charge in [0.2, 0.25) is 0 Å². The van der Waals surface area contributed by atoms with Gasteiger partial charge in [-0.15, -0.1) is 0 Å². The summed E-state index contributed by atoms with van der Waals surface area (Å²) < 4.78 is 43.0. The van der Waals surface area contributed by atoms with Crippen molar-refractivity contribution < 1.29 is 27.8 Å². The molecular formula is C17H14BrF2NO4.